The number of nitrogens with zero attached hydrogens (tertiary/aromatic N) is 8. The van der Waals surface area contributed by atoms with Gasteiger partial charge in [0.25, 0.3) is 5.56 Å². The lowest BCUT2D eigenvalue weighted by atomic mass is 9.97. The van der Waals surface area contributed by atoms with Crippen LogP contribution in [0.2, 0.25) is 0 Å². The van der Waals surface area contributed by atoms with Crippen molar-refractivity contribution in [3.05, 3.63) is 58.9 Å². The van der Waals surface area contributed by atoms with E-state index >= 15 is 0 Å². The smallest absolute Gasteiger partial charge is 0.252 e. The maximum absolute atomic E-state index is 12.9. The molecule has 35 heavy (non-hydrogen) atoms. The Balaban J connectivity index is 1.51. The predicted octanol–water partition coefficient (Wildman–Crippen LogP) is 3.35. The van der Waals surface area contributed by atoms with Crippen molar-refractivity contribution in [1.29, 1.82) is 5.26 Å². The van der Waals surface area contributed by atoms with E-state index in [4.69, 9.17) is 10.4 Å². The molecule has 0 spiro atoms. The molecule has 1 aliphatic rings. The van der Waals surface area contributed by atoms with Crippen LogP contribution in [0.5, 0.6) is 0 Å². The normalized spacial score (nSPS) is 19.9. The molecule has 0 saturated carbocycles. The summed E-state index contributed by atoms with van der Waals surface area (Å²) in [6, 6.07) is 9.04. The molecule has 1 saturated heterocycles. The topological polar surface area (TPSA) is 87.4 Å². The average molecular weight is 473 g/mol. The van der Waals surface area contributed by atoms with Gasteiger partial charge in [-0.1, -0.05) is 13.8 Å². The van der Waals surface area contributed by atoms with Crippen LogP contribution in [0.15, 0.2) is 47.8 Å². The minimum atomic E-state index is -0.0595. The van der Waals surface area contributed by atoms with E-state index in [1.807, 2.05) is 16.8 Å². The molecule has 0 aliphatic carbocycles. The summed E-state index contributed by atoms with van der Waals surface area (Å²) >= 11 is 0. The summed E-state index contributed by atoms with van der Waals surface area (Å²) in [4.78, 5) is 22.3. The van der Waals surface area contributed by atoms with Crippen LogP contribution in [-0.4, -0.2) is 53.8 Å². The maximum Gasteiger partial charge on any atom is 0.252 e. The third kappa shape index (κ3) is 3.98. The Kier molecular flexibility index (Phi) is 6.07. The van der Waals surface area contributed by atoms with Crippen LogP contribution >= 0.6 is 0 Å². The lowest BCUT2D eigenvalue weighted by Gasteiger charge is -2.49. The number of imidazole rings is 1. The van der Waals surface area contributed by atoms with Crippen molar-refractivity contribution in [3.63, 3.8) is 0 Å². The van der Waals surface area contributed by atoms with Gasteiger partial charge in [-0.05, 0) is 37.5 Å². The summed E-state index contributed by atoms with van der Waals surface area (Å²) in [5.74, 6) is 0. The van der Waals surface area contributed by atoms with E-state index in [2.05, 4.69) is 60.0 Å². The van der Waals surface area contributed by atoms with Crippen molar-refractivity contribution in [2.24, 2.45) is 7.05 Å². The van der Waals surface area contributed by atoms with E-state index in [-0.39, 0.29) is 24.2 Å². The molecule has 1 unspecified atom stereocenters. The first kappa shape index (κ1) is 23.1. The van der Waals surface area contributed by atoms with Crippen LogP contribution in [0.1, 0.15) is 45.2 Å². The van der Waals surface area contributed by atoms with Gasteiger partial charge in [-0.15, -0.1) is 0 Å². The maximum atomic E-state index is 12.9. The number of aromatic nitrogens is 5. The lowest BCUT2D eigenvalue weighted by molar-refractivity contribution is 0.101. The molecule has 0 bridgehead atoms. The number of fused-ring (bicyclic) bond motifs is 2. The summed E-state index contributed by atoms with van der Waals surface area (Å²) in [7, 11) is 1.76. The number of hydrogen-bond acceptors (Lipinski definition) is 6. The fraction of sp³-hybridized carbons (Fsp3) is 0.462. The van der Waals surface area contributed by atoms with Crippen molar-refractivity contribution in [2.75, 3.05) is 18.0 Å². The Hall–Kier alpha value is -3.64. The van der Waals surface area contributed by atoms with Crippen LogP contribution in [-0.2, 0) is 13.6 Å². The second-order valence-corrected chi connectivity index (χ2v) is 9.45. The van der Waals surface area contributed by atoms with Crippen molar-refractivity contribution in [3.8, 4) is 6.07 Å². The van der Waals surface area contributed by atoms with Gasteiger partial charge in [0.15, 0.2) is 0 Å². The molecule has 1 fully saturated rings. The summed E-state index contributed by atoms with van der Waals surface area (Å²) in [6.07, 6.45) is 9.62. The summed E-state index contributed by atoms with van der Waals surface area (Å²) in [5.41, 5.74) is 4.57. The van der Waals surface area contributed by atoms with Gasteiger partial charge in [0, 0.05) is 62.9 Å². The molecule has 9 nitrogen and oxygen atoms in total. The quantitative estimate of drug-likeness (QED) is 0.428. The molecular weight excluding hydrogens is 440 g/mol. The zero-order valence-corrected chi connectivity index (χ0v) is 20.8. The van der Waals surface area contributed by atoms with Crippen LogP contribution in [0.3, 0.4) is 0 Å². The van der Waals surface area contributed by atoms with Crippen molar-refractivity contribution < 1.29 is 0 Å². The average Bonchev–Trinajstić information content (AvgIpc) is 3.52. The van der Waals surface area contributed by atoms with E-state index < -0.39 is 0 Å². The summed E-state index contributed by atoms with van der Waals surface area (Å²) in [5, 5.41) is 13.8. The highest BCUT2D eigenvalue weighted by molar-refractivity contribution is 5.88. The molecule has 5 heterocycles. The van der Waals surface area contributed by atoms with E-state index in [9.17, 15) is 4.79 Å². The molecule has 0 N–H and O–H groups in total. The number of pyridine rings is 2. The minimum absolute atomic E-state index is 0.0595. The van der Waals surface area contributed by atoms with Gasteiger partial charge in [0.1, 0.15) is 17.7 Å². The molecule has 1 aliphatic heterocycles. The number of anilines is 1. The van der Waals surface area contributed by atoms with Crippen molar-refractivity contribution in [1.82, 2.24) is 28.6 Å². The number of nitriles is 1. The number of aryl methyl sites for hydroxylation is 1. The van der Waals surface area contributed by atoms with Gasteiger partial charge >= 0.3 is 0 Å². The molecule has 0 aromatic carbocycles. The van der Waals surface area contributed by atoms with Gasteiger partial charge in [0.05, 0.1) is 23.5 Å². The Morgan fingerprint density at radius 3 is 2.71 bits per heavy atom. The first-order valence-corrected chi connectivity index (χ1v) is 12.3. The first-order chi connectivity index (χ1) is 16.9. The van der Waals surface area contributed by atoms with E-state index in [0.29, 0.717) is 6.04 Å². The molecule has 5 rings (SSSR count). The first-order valence-electron chi connectivity index (χ1n) is 12.3. The van der Waals surface area contributed by atoms with Gasteiger partial charge in [-0.3, -0.25) is 14.4 Å². The minimum Gasteiger partial charge on any atom is -0.364 e. The van der Waals surface area contributed by atoms with Gasteiger partial charge in [-0.2, -0.15) is 10.4 Å². The van der Waals surface area contributed by atoms with Crippen LogP contribution in [0.25, 0.3) is 16.7 Å². The Morgan fingerprint density at radius 1 is 1.17 bits per heavy atom. The van der Waals surface area contributed by atoms with Crippen LogP contribution in [0.4, 0.5) is 5.69 Å². The summed E-state index contributed by atoms with van der Waals surface area (Å²) < 4.78 is 5.27. The van der Waals surface area contributed by atoms with Crippen molar-refractivity contribution in [2.45, 2.75) is 58.3 Å². The molecule has 4 aromatic heterocycles. The zero-order chi connectivity index (χ0) is 24.7. The molecular formula is C26H32N8O. The van der Waals surface area contributed by atoms with E-state index in [0.717, 1.165) is 48.3 Å². The Morgan fingerprint density at radius 2 is 1.97 bits per heavy atom. The molecule has 182 valence electrons. The monoisotopic (exact) mass is 472 g/mol. The number of piperazine rings is 1. The molecule has 9 heteroatoms. The van der Waals surface area contributed by atoms with Gasteiger partial charge in [0.2, 0.25) is 0 Å². The highest BCUT2D eigenvalue weighted by Gasteiger charge is 2.36. The lowest BCUT2D eigenvalue weighted by Crippen LogP contribution is -2.58. The third-order valence-electron chi connectivity index (χ3n) is 7.56. The second-order valence-electron chi connectivity index (χ2n) is 9.45. The molecule has 0 amide bonds. The Bertz CT molecular complexity index is 1460. The number of hydrogen-bond donors (Lipinski definition) is 0. The SMILES string of the molecule is CC[C@H]1CN(C(C)c2ccn3ccnc3c2)[C@H](CC)CN1c1cc(=O)n(C)c2cn(CC#N)nc12. The van der Waals surface area contributed by atoms with Crippen molar-refractivity contribution >= 4 is 22.4 Å². The zero-order valence-electron chi connectivity index (χ0n) is 20.8. The third-order valence-corrected chi connectivity index (χ3v) is 7.56. The Labute approximate surface area is 204 Å². The predicted molar refractivity (Wildman–Crippen MR) is 136 cm³/mol. The molecule has 3 atom stereocenters. The van der Waals surface area contributed by atoms with Crippen LogP contribution in [0, 0.1) is 11.3 Å². The highest BCUT2D eigenvalue weighted by atomic mass is 16.1. The fourth-order valence-electron chi connectivity index (χ4n) is 5.44. The largest absolute Gasteiger partial charge is 0.364 e. The fourth-order valence-corrected chi connectivity index (χ4v) is 5.44. The van der Waals surface area contributed by atoms with E-state index in [1.54, 1.807) is 28.6 Å². The molecule has 0 radical (unpaired) electrons. The highest BCUT2D eigenvalue weighted by Crippen LogP contribution is 2.34. The molecule has 4 aromatic rings. The second kappa shape index (κ2) is 9.19. The van der Waals surface area contributed by atoms with Gasteiger partial charge in [-0.25, -0.2) is 4.98 Å². The number of rotatable bonds is 6. The van der Waals surface area contributed by atoms with Gasteiger partial charge < -0.3 is 13.9 Å². The van der Waals surface area contributed by atoms with E-state index in [1.165, 1.54) is 5.56 Å². The summed E-state index contributed by atoms with van der Waals surface area (Å²) in [6.45, 7) is 8.58. The standard InChI is InChI=1S/C26H32N8O/c1-5-20-16-34(22-14-25(35)30(4)23-17-32(11-8-27)29-26(22)23)21(6-2)15-33(20)18(3)19-7-10-31-12-9-28-24(31)13-19/h7,9-10,12-14,17-18,20-21H,5-6,11,15-16H2,1-4H3/t18?,20-,21+/m1/s1. The van der Waals surface area contributed by atoms with Crippen LogP contribution < -0.4 is 10.5 Å².